The fourth-order valence-corrected chi connectivity index (χ4v) is 3.80. The number of carboxylic acid groups (broad SMARTS) is 1. The molecule has 1 aliphatic rings. The summed E-state index contributed by atoms with van der Waals surface area (Å²) in [6, 6.07) is 3.43. The van der Waals surface area contributed by atoms with Gasteiger partial charge in [0.25, 0.3) is 5.56 Å². The average Bonchev–Trinajstić information content (AvgIpc) is 2.77. The van der Waals surface area contributed by atoms with Gasteiger partial charge in [-0.05, 0) is 25.5 Å². The highest BCUT2D eigenvalue weighted by Crippen LogP contribution is 2.28. The summed E-state index contributed by atoms with van der Waals surface area (Å²) >= 11 is 0. The van der Waals surface area contributed by atoms with E-state index in [0.717, 1.165) is 11.1 Å². The van der Waals surface area contributed by atoms with Crippen LogP contribution >= 0.6 is 0 Å². The van der Waals surface area contributed by atoms with Crippen molar-refractivity contribution in [1.29, 1.82) is 0 Å². The van der Waals surface area contributed by atoms with Crippen molar-refractivity contribution in [2.45, 2.75) is 19.9 Å². The first-order valence-electron chi connectivity index (χ1n) is 10.0. The molecule has 2 N–H and O–H groups in total. The lowest BCUT2D eigenvalue weighted by Gasteiger charge is -2.29. The number of nitrogens with one attached hydrogen (secondary N) is 1. The number of aryl methyl sites for hydroxylation is 1. The number of benzene rings is 1. The zero-order chi connectivity index (χ0) is 22.1. The lowest BCUT2D eigenvalue weighted by molar-refractivity contribution is 0.0697. The van der Waals surface area contributed by atoms with Gasteiger partial charge in [-0.3, -0.25) is 9.36 Å². The van der Waals surface area contributed by atoms with Crippen LogP contribution in [0, 0.1) is 6.92 Å². The molecule has 1 aromatic carbocycles. The van der Waals surface area contributed by atoms with Gasteiger partial charge in [-0.25, -0.2) is 19.7 Å². The second-order valence-electron chi connectivity index (χ2n) is 7.58. The van der Waals surface area contributed by atoms with E-state index in [4.69, 9.17) is 9.72 Å². The Labute approximate surface area is 178 Å². The lowest BCUT2D eigenvalue weighted by Crippen LogP contribution is -2.40. The normalized spacial score (nSPS) is 15.1. The number of rotatable bonds is 5. The third-order valence-corrected chi connectivity index (χ3v) is 5.39. The van der Waals surface area contributed by atoms with Crippen molar-refractivity contribution in [3.63, 3.8) is 0 Å². The van der Waals surface area contributed by atoms with E-state index in [1.807, 2.05) is 30.9 Å². The third-order valence-electron chi connectivity index (χ3n) is 5.39. The Morgan fingerprint density at radius 3 is 2.74 bits per heavy atom. The van der Waals surface area contributed by atoms with E-state index in [9.17, 15) is 14.7 Å². The minimum absolute atomic E-state index is 0.0239. The number of carboxylic acids is 1. The van der Waals surface area contributed by atoms with Crippen LogP contribution in [0.4, 0.5) is 11.8 Å². The number of fused-ring (bicyclic) bond motifs is 1. The zero-order valence-corrected chi connectivity index (χ0v) is 17.6. The van der Waals surface area contributed by atoms with Gasteiger partial charge in [0.1, 0.15) is 17.7 Å². The molecule has 3 aromatic rings. The Hall–Kier alpha value is -3.53. The van der Waals surface area contributed by atoms with Crippen LogP contribution in [0.25, 0.3) is 10.9 Å². The number of hydrogen-bond acceptors (Lipinski definition) is 8. The van der Waals surface area contributed by atoms with E-state index in [2.05, 4.69) is 15.3 Å². The van der Waals surface area contributed by atoms with E-state index in [1.165, 1.54) is 12.5 Å². The number of carbonyl (C=O) groups is 1. The second kappa shape index (κ2) is 8.31. The van der Waals surface area contributed by atoms with Crippen LogP contribution in [0.2, 0.25) is 0 Å². The molecule has 162 valence electrons. The molecule has 0 saturated carbocycles. The van der Waals surface area contributed by atoms with Crippen LogP contribution in [0.5, 0.6) is 0 Å². The molecule has 31 heavy (non-hydrogen) atoms. The van der Waals surface area contributed by atoms with E-state index in [0.29, 0.717) is 43.2 Å². The van der Waals surface area contributed by atoms with Crippen molar-refractivity contribution in [1.82, 2.24) is 19.5 Å². The summed E-state index contributed by atoms with van der Waals surface area (Å²) in [5.41, 5.74) is 2.13. The zero-order valence-electron chi connectivity index (χ0n) is 17.6. The minimum atomic E-state index is -1.12. The molecule has 0 radical (unpaired) electrons. The van der Waals surface area contributed by atoms with Gasteiger partial charge in [0.15, 0.2) is 0 Å². The predicted molar refractivity (Wildman–Crippen MR) is 116 cm³/mol. The SMILES string of the molecule is Cc1cc([C@@H](C)Nc2ncncc2C(=O)O)c2nc(N3CCOCC3)n(C)c(=O)c2c1. The first-order chi connectivity index (χ1) is 14.9. The van der Waals surface area contributed by atoms with Crippen molar-refractivity contribution in [2.75, 3.05) is 36.5 Å². The molecule has 0 spiro atoms. The summed E-state index contributed by atoms with van der Waals surface area (Å²) < 4.78 is 7.00. The van der Waals surface area contributed by atoms with Crippen molar-refractivity contribution in [3.8, 4) is 0 Å². The molecule has 10 nitrogen and oxygen atoms in total. The molecule has 0 bridgehead atoms. The Morgan fingerprint density at radius 2 is 2.03 bits per heavy atom. The van der Waals surface area contributed by atoms with Crippen molar-refractivity contribution >= 4 is 28.6 Å². The van der Waals surface area contributed by atoms with Gasteiger partial charge in [-0.1, -0.05) is 6.07 Å². The van der Waals surface area contributed by atoms with Gasteiger partial charge < -0.3 is 20.1 Å². The summed E-state index contributed by atoms with van der Waals surface area (Å²) in [7, 11) is 1.73. The van der Waals surface area contributed by atoms with E-state index in [-0.39, 0.29) is 23.0 Å². The molecule has 1 fully saturated rings. The van der Waals surface area contributed by atoms with Crippen LogP contribution in [-0.2, 0) is 11.8 Å². The largest absolute Gasteiger partial charge is 0.477 e. The highest BCUT2D eigenvalue weighted by atomic mass is 16.5. The monoisotopic (exact) mass is 424 g/mol. The van der Waals surface area contributed by atoms with Crippen LogP contribution in [0.3, 0.4) is 0 Å². The average molecular weight is 424 g/mol. The number of ether oxygens (including phenoxy) is 1. The predicted octanol–water partition coefficient (Wildman–Crippen LogP) is 1.74. The fourth-order valence-electron chi connectivity index (χ4n) is 3.80. The molecule has 1 atom stereocenters. The number of nitrogens with zero attached hydrogens (tertiary/aromatic N) is 5. The van der Waals surface area contributed by atoms with Gasteiger partial charge >= 0.3 is 5.97 Å². The molecule has 10 heteroatoms. The smallest absolute Gasteiger partial charge is 0.341 e. The Kier molecular flexibility index (Phi) is 5.55. The van der Waals surface area contributed by atoms with E-state index < -0.39 is 5.97 Å². The molecule has 0 unspecified atom stereocenters. The highest BCUT2D eigenvalue weighted by molar-refractivity contribution is 5.93. The lowest BCUT2D eigenvalue weighted by atomic mass is 10.0. The maximum Gasteiger partial charge on any atom is 0.341 e. The number of anilines is 2. The van der Waals surface area contributed by atoms with Gasteiger partial charge in [0, 0.05) is 31.9 Å². The standard InChI is InChI=1S/C21H24N6O4/c1-12-8-14(13(2)24-18-16(20(29)30)10-22-11-23-18)17-15(9-12)19(28)26(3)21(25-17)27-4-6-31-7-5-27/h8-11,13H,4-7H2,1-3H3,(H,29,30)(H,22,23,24)/t13-/m1/s1. The minimum Gasteiger partial charge on any atom is -0.477 e. The van der Waals surface area contributed by atoms with Gasteiger partial charge in [-0.15, -0.1) is 0 Å². The summed E-state index contributed by atoms with van der Waals surface area (Å²) in [4.78, 5) is 39.5. The van der Waals surface area contributed by atoms with Gasteiger partial charge in [0.2, 0.25) is 5.95 Å². The number of morpholine rings is 1. The summed E-state index contributed by atoms with van der Waals surface area (Å²) in [6.07, 6.45) is 2.55. The summed E-state index contributed by atoms with van der Waals surface area (Å²) in [6.45, 7) is 6.28. The Morgan fingerprint density at radius 1 is 1.29 bits per heavy atom. The van der Waals surface area contributed by atoms with Crippen LogP contribution in [0.1, 0.15) is 34.5 Å². The van der Waals surface area contributed by atoms with Crippen LogP contribution in [0.15, 0.2) is 29.5 Å². The fraction of sp³-hybridized carbons (Fsp3) is 0.381. The molecule has 3 heterocycles. The maximum absolute atomic E-state index is 13.2. The molecular weight excluding hydrogens is 400 g/mol. The number of hydrogen-bond donors (Lipinski definition) is 2. The van der Waals surface area contributed by atoms with E-state index in [1.54, 1.807) is 11.6 Å². The Balaban J connectivity index is 1.83. The molecule has 0 aliphatic carbocycles. The van der Waals surface area contributed by atoms with E-state index >= 15 is 0 Å². The van der Waals surface area contributed by atoms with Crippen molar-refractivity contribution in [2.24, 2.45) is 7.05 Å². The first-order valence-corrected chi connectivity index (χ1v) is 10.0. The van der Waals surface area contributed by atoms with Crippen LogP contribution in [-0.4, -0.2) is 56.9 Å². The number of aromatic carboxylic acids is 1. The Bertz CT molecular complexity index is 1200. The summed E-state index contributed by atoms with van der Waals surface area (Å²) in [5, 5.41) is 13.1. The second-order valence-corrected chi connectivity index (χ2v) is 7.58. The summed E-state index contributed by atoms with van der Waals surface area (Å²) in [5.74, 6) is -0.320. The number of aromatic nitrogens is 4. The third kappa shape index (κ3) is 3.93. The molecule has 1 saturated heterocycles. The quantitative estimate of drug-likeness (QED) is 0.630. The van der Waals surface area contributed by atoms with Gasteiger partial charge in [0.05, 0.1) is 30.2 Å². The highest BCUT2D eigenvalue weighted by Gasteiger charge is 2.22. The maximum atomic E-state index is 13.2. The molecule has 1 aliphatic heterocycles. The van der Waals surface area contributed by atoms with Crippen molar-refractivity contribution in [3.05, 3.63) is 51.7 Å². The molecule has 0 amide bonds. The molecular formula is C21H24N6O4. The molecule has 4 rings (SSSR count). The van der Waals surface area contributed by atoms with Gasteiger partial charge in [-0.2, -0.15) is 0 Å². The van der Waals surface area contributed by atoms with Crippen LogP contribution < -0.4 is 15.8 Å². The first kappa shape index (κ1) is 20.7. The van der Waals surface area contributed by atoms with Crippen molar-refractivity contribution < 1.29 is 14.6 Å². The molecule has 2 aromatic heterocycles. The topological polar surface area (TPSA) is 122 Å².